The number of carbonyl (C=O) groups is 2. The predicted molar refractivity (Wildman–Crippen MR) is 127 cm³/mol. The summed E-state index contributed by atoms with van der Waals surface area (Å²) in [5.74, 6) is -1.25. The van der Waals surface area contributed by atoms with E-state index in [2.05, 4.69) is 31.3 Å². The SMILES string of the molecule is Cc1nn(C(C)C(=O)Nc2c(C(N)=O)sc3nc(C(F)F)cc(-c4ccccc4)c23)cc1Br. The van der Waals surface area contributed by atoms with Crippen molar-refractivity contribution in [3.05, 3.63) is 63.3 Å². The van der Waals surface area contributed by atoms with Gasteiger partial charge >= 0.3 is 0 Å². The summed E-state index contributed by atoms with van der Waals surface area (Å²) in [6.07, 6.45) is -1.14. The molecular weight excluding hydrogens is 516 g/mol. The van der Waals surface area contributed by atoms with E-state index in [1.165, 1.54) is 10.7 Å². The number of hydrogen-bond acceptors (Lipinski definition) is 5. The molecule has 0 fully saturated rings. The lowest BCUT2D eigenvalue weighted by molar-refractivity contribution is -0.119. The molecule has 0 aliphatic heterocycles. The number of benzene rings is 1. The van der Waals surface area contributed by atoms with Gasteiger partial charge in [0, 0.05) is 11.6 Å². The third-order valence-electron chi connectivity index (χ3n) is 5.10. The second kappa shape index (κ2) is 8.99. The van der Waals surface area contributed by atoms with Gasteiger partial charge in [-0.3, -0.25) is 14.3 Å². The van der Waals surface area contributed by atoms with Gasteiger partial charge in [-0.15, -0.1) is 11.3 Å². The standard InChI is InChI=1S/C22H18BrF2N5O2S/c1-10-14(23)9-30(29-10)11(2)21(32)28-17-16-13(12-6-4-3-5-7-12)8-15(19(24)25)27-22(16)33-18(17)20(26)31/h3-9,11,19H,1-2H3,(H2,26,31)(H,28,32). The number of alkyl halides is 2. The Morgan fingerprint density at radius 1 is 1.24 bits per heavy atom. The van der Waals surface area contributed by atoms with Crippen LogP contribution < -0.4 is 11.1 Å². The van der Waals surface area contributed by atoms with E-state index in [9.17, 15) is 18.4 Å². The predicted octanol–water partition coefficient (Wildman–Crippen LogP) is 5.47. The molecule has 1 aromatic carbocycles. The summed E-state index contributed by atoms with van der Waals surface area (Å²) < 4.78 is 29.4. The van der Waals surface area contributed by atoms with Gasteiger partial charge in [-0.2, -0.15) is 5.10 Å². The van der Waals surface area contributed by atoms with Crippen molar-refractivity contribution in [2.75, 3.05) is 5.32 Å². The Morgan fingerprint density at radius 2 is 1.94 bits per heavy atom. The number of carbonyl (C=O) groups excluding carboxylic acids is 2. The summed E-state index contributed by atoms with van der Waals surface area (Å²) in [5.41, 5.74) is 7.05. The Morgan fingerprint density at radius 3 is 2.52 bits per heavy atom. The van der Waals surface area contributed by atoms with Crippen molar-refractivity contribution in [1.82, 2.24) is 14.8 Å². The molecule has 0 radical (unpaired) electrons. The molecule has 3 aromatic heterocycles. The van der Waals surface area contributed by atoms with Crippen LogP contribution in [0.3, 0.4) is 0 Å². The van der Waals surface area contributed by atoms with E-state index in [-0.39, 0.29) is 15.4 Å². The monoisotopic (exact) mass is 533 g/mol. The second-order valence-electron chi connectivity index (χ2n) is 7.32. The van der Waals surface area contributed by atoms with Crippen molar-refractivity contribution in [3.63, 3.8) is 0 Å². The highest BCUT2D eigenvalue weighted by Crippen LogP contribution is 2.42. The average molecular weight is 534 g/mol. The van der Waals surface area contributed by atoms with Crippen LogP contribution in [0.5, 0.6) is 0 Å². The van der Waals surface area contributed by atoms with Crippen molar-refractivity contribution >= 4 is 55.0 Å². The Kier molecular flexibility index (Phi) is 6.26. The molecule has 3 N–H and O–H groups in total. The van der Waals surface area contributed by atoms with Crippen LogP contribution in [0.2, 0.25) is 0 Å². The van der Waals surface area contributed by atoms with E-state index >= 15 is 0 Å². The number of nitrogens with one attached hydrogen (secondary N) is 1. The fraction of sp³-hybridized carbons (Fsp3) is 0.182. The third-order valence-corrected chi connectivity index (χ3v) is 6.97. The maximum Gasteiger partial charge on any atom is 0.280 e. The molecular formula is C22H18BrF2N5O2S. The molecule has 1 unspecified atom stereocenters. The summed E-state index contributed by atoms with van der Waals surface area (Å²) in [6, 6.07) is 9.39. The number of rotatable bonds is 6. The zero-order valence-electron chi connectivity index (χ0n) is 17.5. The molecule has 1 atom stereocenters. The number of amides is 2. The van der Waals surface area contributed by atoms with Gasteiger partial charge in [-0.1, -0.05) is 30.3 Å². The van der Waals surface area contributed by atoms with Crippen LogP contribution in [-0.2, 0) is 4.79 Å². The topological polar surface area (TPSA) is 103 Å². The molecule has 11 heteroatoms. The van der Waals surface area contributed by atoms with E-state index in [1.54, 1.807) is 50.4 Å². The number of aryl methyl sites for hydroxylation is 1. The molecule has 0 aliphatic carbocycles. The van der Waals surface area contributed by atoms with Gasteiger partial charge in [0.2, 0.25) is 5.91 Å². The molecule has 4 aromatic rings. The summed E-state index contributed by atoms with van der Waals surface area (Å²) in [6.45, 7) is 3.44. The minimum atomic E-state index is -2.81. The van der Waals surface area contributed by atoms with Crippen LogP contribution in [0.25, 0.3) is 21.3 Å². The Balaban J connectivity index is 1.88. The lowest BCUT2D eigenvalue weighted by Crippen LogP contribution is -2.25. The van der Waals surface area contributed by atoms with Crippen LogP contribution >= 0.6 is 27.3 Å². The van der Waals surface area contributed by atoms with E-state index in [0.717, 1.165) is 15.8 Å². The normalized spacial score (nSPS) is 12.3. The molecule has 0 saturated carbocycles. The maximum atomic E-state index is 13.6. The second-order valence-corrected chi connectivity index (χ2v) is 9.17. The number of hydrogen-bond donors (Lipinski definition) is 2. The van der Waals surface area contributed by atoms with Gasteiger partial charge in [0.25, 0.3) is 12.3 Å². The zero-order valence-corrected chi connectivity index (χ0v) is 19.9. The van der Waals surface area contributed by atoms with Gasteiger partial charge in [-0.05, 0) is 47.0 Å². The first-order chi connectivity index (χ1) is 15.7. The van der Waals surface area contributed by atoms with Gasteiger partial charge in [0.1, 0.15) is 21.4 Å². The van der Waals surface area contributed by atoms with Crippen LogP contribution in [0.1, 0.15) is 40.5 Å². The fourth-order valence-electron chi connectivity index (χ4n) is 3.37. The van der Waals surface area contributed by atoms with Crippen LogP contribution in [0, 0.1) is 6.92 Å². The van der Waals surface area contributed by atoms with E-state index in [0.29, 0.717) is 22.2 Å². The number of aromatic nitrogens is 3. The first-order valence-corrected chi connectivity index (χ1v) is 11.4. The highest BCUT2D eigenvalue weighted by Gasteiger charge is 2.26. The molecule has 0 spiro atoms. The molecule has 0 bridgehead atoms. The van der Waals surface area contributed by atoms with Crippen molar-refractivity contribution in [2.45, 2.75) is 26.3 Å². The zero-order chi connectivity index (χ0) is 23.9. The average Bonchev–Trinajstić information content (AvgIpc) is 3.33. The molecule has 0 aliphatic rings. The number of nitrogens with zero attached hydrogens (tertiary/aromatic N) is 3. The lowest BCUT2D eigenvalue weighted by Gasteiger charge is -2.14. The van der Waals surface area contributed by atoms with Gasteiger partial charge < -0.3 is 11.1 Å². The number of anilines is 1. The molecule has 3 heterocycles. The Hall–Kier alpha value is -3.18. The van der Waals surface area contributed by atoms with E-state index in [4.69, 9.17) is 5.73 Å². The quantitative estimate of drug-likeness (QED) is 0.343. The summed E-state index contributed by atoms with van der Waals surface area (Å²) in [4.78, 5) is 29.6. The number of halogens is 3. The van der Waals surface area contributed by atoms with Crippen LogP contribution in [0.15, 0.2) is 47.1 Å². The minimum Gasteiger partial charge on any atom is -0.365 e. The van der Waals surface area contributed by atoms with Crippen molar-refractivity contribution in [1.29, 1.82) is 0 Å². The summed E-state index contributed by atoms with van der Waals surface area (Å²) in [5, 5.41) is 7.45. The molecule has 2 amide bonds. The largest absolute Gasteiger partial charge is 0.365 e. The molecule has 7 nitrogen and oxygen atoms in total. The Bertz CT molecular complexity index is 1350. The summed E-state index contributed by atoms with van der Waals surface area (Å²) >= 11 is 4.23. The number of thiophene rings is 1. The lowest BCUT2D eigenvalue weighted by atomic mass is 10.0. The van der Waals surface area contributed by atoms with Gasteiger partial charge in [0.15, 0.2) is 0 Å². The molecule has 170 valence electrons. The van der Waals surface area contributed by atoms with Crippen molar-refractivity contribution < 1.29 is 18.4 Å². The first-order valence-electron chi connectivity index (χ1n) is 9.80. The number of nitrogens with two attached hydrogens (primary N) is 1. The summed E-state index contributed by atoms with van der Waals surface area (Å²) in [7, 11) is 0. The number of pyridine rings is 1. The molecule has 0 saturated heterocycles. The van der Waals surface area contributed by atoms with E-state index in [1.807, 2.05) is 0 Å². The Labute approximate surface area is 199 Å². The van der Waals surface area contributed by atoms with Crippen LogP contribution in [0.4, 0.5) is 14.5 Å². The molecule has 4 rings (SSSR count). The number of primary amides is 1. The highest BCUT2D eigenvalue weighted by atomic mass is 79.9. The minimum absolute atomic E-state index is 0.0273. The fourth-order valence-corrected chi connectivity index (χ4v) is 4.68. The van der Waals surface area contributed by atoms with Crippen LogP contribution in [-0.4, -0.2) is 26.6 Å². The molecule has 33 heavy (non-hydrogen) atoms. The smallest absolute Gasteiger partial charge is 0.280 e. The van der Waals surface area contributed by atoms with E-state index < -0.39 is 30.0 Å². The highest BCUT2D eigenvalue weighted by molar-refractivity contribution is 9.10. The first kappa shape index (κ1) is 23.0. The van der Waals surface area contributed by atoms with Crippen molar-refractivity contribution in [3.8, 4) is 11.1 Å². The van der Waals surface area contributed by atoms with Crippen molar-refractivity contribution in [2.24, 2.45) is 5.73 Å². The third kappa shape index (κ3) is 4.38. The van der Waals surface area contributed by atoms with Gasteiger partial charge in [0.05, 0.1) is 15.9 Å². The maximum absolute atomic E-state index is 13.6. The number of fused-ring (bicyclic) bond motifs is 1. The van der Waals surface area contributed by atoms with Gasteiger partial charge in [-0.25, -0.2) is 13.8 Å².